The molecule has 0 bridgehead atoms. The van der Waals surface area contributed by atoms with E-state index in [0.29, 0.717) is 0 Å². The van der Waals surface area contributed by atoms with Crippen LogP contribution in [0.3, 0.4) is 0 Å². The van der Waals surface area contributed by atoms with Crippen molar-refractivity contribution in [1.29, 1.82) is 0 Å². The molecule has 4 aromatic carbocycles. The molecule has 6 aromatic rings. The van der Waals surface area contributed by atoms with Gasteiger partial charge in [0.25, 0.3) is 0 Å². The van der Waals surface area contributed by atoms with Crippen LogP contribution in [-0.2, 0) is 5.41 Å². The number of pyridine rings is 1. The molecular formula is C34H33GeNO. The average Bonchev–Trinajstić information content (AvgIpc) is 3.25. The van der Waals surface area contributed by atoms with Crippen molar-refractivity contribution in [3.63, 3.8) is 0 Å². The Morgan fingerprint density at radius 1 is 0.676 bits per heavy atom. The van der Waals surface area contributed by atoms with Crippen molar-refractivity contribution >= 4 is 50.4 Å². The van der Waals surface area contributed by atoms with Crippen molar-refractivity contribution in [3.05, 3.63) is 96.7 Å². The average molecular weight is 544 g/mol. The molecule has 0 fully saturated rings. The first-order chi connectivity index (χ1) is 17.6. The van der Waals surface area contributed by atoms with E-state index in [4.69, 9.17) is 9.40 Å². The van der Waals surface area contributed by atoms with E-state index in [-0.39, 0.29) is 5.41 Å². The van der Waals surface area contributed by atoms with Gasteiger partial charge in [0.1, 0.15) is 0 Å². The number of fused-ring (bicyclic) bond motifs is 4. The summed E-state index contributed by atoms with van der Waals surface area (Å²) in [5.41, 5.74) is 7.62. The van der Waals surface area contributed by atoms with E-state index in [1.165, 1.54) is 31.9 Å². The molecule has 0 aliphatic rings. The van der Waals surface area contributed by atoms with Crippen molar-refractivity contribution in [2.75, 3.05) is 0 Å². The van der Waals surface area contributed by atoms with E-state index < -0.39 is 13.3 Å². The van der Waals surface area contributed by atoms with Gasteiger partial charge in [-0.2, -0.15) is 0 Å². The second kappa shape index (κ2) is 8.60. The predicted molar refractivity (Wildman–Crippen MR) is 162 cm³/mol. The van der Waals surface area contributed by atoms with Crippen LogP contribution in [0.5, 0.6) is 0 Å². The van der Waals surface area contributed by atoms with Crippen molar-refractivity contribution < 1.29 is 4.42 Å². The van der Waals surface area contributed by atoms with E-state index in [2.05, 4.69) is 117 Å². The third-order valence-electron chi connectivity index (χ3n) is 7.41. The molecule has 0 radical (unpaired) electrons. The Labute approximate surface area is 221 Å². The number of hydrogen-bond acceptors (Lipinski definition) is 2. The van der Waals surface area contributed by atoms with Crippen molar-refractivity contribution in [2.24, 2.45) is 0 Å². The van der Waals surface area contributed by atoms with Crippen LogP contribution in [0.15, 0.2) is 95.5 Å². The minimum absolute atomic E-state index is 0.0166. The van der Waals surface area contributed by atoms with E-state index in [0.717, 1.165) is 33.2 Å². The number of nitrogens with zero attached hydrogens (tertiary/aromatic N) is 1. The number of furan rings is 1. The minimum atomic E-state index is -1.83. The Bertz CT molecular complexity index is 1780. The van der Waals surface area contributed by atoms with Crippen molar-refractivity contribution in [1.82, 2.24) is 4.98 Å². The summed E-state index contributed by atoms with van der Waals surface area (Å²) < 4.78 is 7.93. The summed E-state index contributed by atoms with van der Waals surface area (Å²) >= 11 is -1.83. The quantitative estimate of drug-likeness (QED) is 0.208. The fourth-order valence-electron chi connectivity index (χ4n) is 5.35. The smallest absolute Gasteiger partial charge is 0.0616 e. The summed E-state index contributed by atoms with van der Waals surface area (Å²) in [5.74, 6) is 7.29. The van der Waals surface area contributed by atoms with Gasteiger partial charge in [0, 0.05) is 0 Å². The van der Waals surface area contributed by atoms with Crippen LogP contribution in [0, 0.1) is 0 Å². The van der Waals surface area contributed by atoms with Crippen LogP contribution in [0.4, 0.5) is 0 Å². The molecule has 0 atom stereocenters. The van der Waals surface area contributed by atoms with Crippen molar-refractivity contribution in [3.8, 4) is 22.4 Å². The minimum Gasteiger partial charge on any atom is -0.0616 e. The van der Waals surface area contributed by atoms with Crippen LogP contribution in [-0.4, -0.2) is 18.3 Å². The Morgan fingerprint density at radius 3 is 2.14 bits per heavy atom. The van der Waals surface area contributed by atoms with Gasteiger partial charge in [0.05, 0.1) is 0 Å². The maximum absolute atomic E-state index is 6.41. The molecule has 37 heavy (non-hydrogen) atoms. The maximum atomic E-state index is 6.41. The molecule has 6 rings (SSSR count). The second-order valence-corrected chi connectivity index (χ2v) is 22.8. The fourth-order valence-corrected chi connectivity index (χ4v) is 7.80. The van der Waals surface area contributed by atoms with E-state index in [9.17, 15) is 0 Å². The molecule has 0 amide bonds. The SMILES string of the molecule is CC(C)(C)c1cc(-c2nccc3oc4cc(-c5cc[c]([Ge]([CH3])([CH3])[CH3])cc5)ccc4c23)cc2ccccc12. The summed E-state index contributed by atoms with van der Waals surface area (Å²) in [6, 6.07) is 30.9. The zero-order valence-electron chi connectivity index (χ0n) is 22.5. The molecule has 0 saturated heterocycles. The first kappa shape index (κ1) is 24.0. The Hall–Kier alpha value is -3.37. The van der Waals surface area contributed by atoms with Crippen LogP contribution >= 0.6 is 0 Å². The van der Waals surface area contributed by atoms with E-state index in [1.807, 2.05) is 12.3 Å². The van der Waals surface area contributed by atoms with E-state index in [1.54, 1.807) is 0 Å². The van der Waals surface area contributed by atoms with Gasteiger partial charge in [-0.1, -0.05) is 45.0 Å². The summed E-state index contributed by atoms with van der Waals surface area (Å²) in [4.78, 5) is 4.89. The Morgan fingerprint density at radius 2 is 1.41 bits per heavy atom. The van der Waals surface area contributed by atoms with Gasteiger partial charge < -0.3 is 0 Å². The van der Waals surface area contributed by atoms with Gasteiger partial charge in [-0.15, -0.1) is 0 Å². The van der Waals surface area contributed by atoms with Gasteiger partial charge in [0.2, 0.25) is 0 Å². The first-order valence-electron chi connectivity index (χ1n) is 13.1. The normalized spacial score (nSPS) is 12.6. The van der Waals surface area contributed by atoms with Crippen LogP contribution in [0.25, 0.3) is 55.1 Å². The number of rotatable bonds is 3. The van der Waals surface area contributed by atoms with Crippen molar-refractivity contribution in [2.45, 2.75) is 43.5 Å². The van der Waals surface area contributed by atoms with Gasteiger partial charge in [0.15, 0.2) is 0 Å². The van der Waals surface area contributed by atoms with Gasteiger partial charge in [-0.05, 0) is 21.8 Å². The summed E-state index contributed by atoms with van der Waals surface area (Å²) in [6.45, 7) is 6.83. The number of benzene rings is 4. The molecule has 3 heteroatoms. The number of hydrogen-bond donors (Lipinski definition) is 0. The zero-order valence-corrected chi connectivity index (χ0v) is 24.6. The third kappa shape index (κ3) is 4.28. The predicted octanol–water partition coefficient (Wildman–Crippen LogP) is 9.31. The van der Waals surface area contributed by atoms with Crippen LogP contribution < -0.4 is 4.40 Å². The Kier molecular flexibility index (Phi) is 5.58. The topological polar surface area (TPSA) is 26.0 Å². The second-order valence-electron chi connectivity index (χ2n) is 12.2. The molecule has 0 N–H and O–H groups in total. The molecule has 0 saturated carbocycles. The number of aromatic nitrogens is 1. The standard InChI is InChI=1S/C34H33GeNO/c1-34(2,3)29-20-25(19-24-9-7-8-10-27(24)29)33-32-28-16-13-23(21-31(28)37-30(32)17-18-36-33)22-11-14-26(15-12-22)35(4,5)6/h7-21H,1-6H3. The summed E-state index contributed by atoms with van der Waals surface area (Å²) in [5, 5.41) is 4.72. The molecule has 2 nitrogen and oxygen atoms in total. The summed E-state index contributed by atoms with van der Waals surface area (Å²) in [6.07, 6.45) is 1.86. The first-order valence-corrected chi connectivity index (χ1v) is 20.4. The summed E-state index contributed by atoms with van der Waals surface area (Å²) in [7, 11) is 0. The third-order valence-corrected chi connectivity index (χ3v) is 11.7. The van der Waals surface area contributed by atoms with Crippen LogP contribution in [0.2, 0.25) is 17.3 Å². The molecule has 184 valence electrons. The molecule has 0 aliphatic carbocycles. The van der Waals surface area contributed by atoms with Gasteiger partial charge in [-0.25, -0.2) is 0 Å². The van der Waals surface area contributed by atoms with Gasteiger partial charge >= 0.3 is 156 Å². The molecule has 0 aliphatic heterocycles. The van der Waals surface area contributed by atoms with E-state index >= 15 is 0 Å². The molecular weight excluding hydrogens is 511 g/mol. The molecule has 2 heterocycles. The monoisotopic (exact) mass is 545 g/mol. The Balaban J connectivity index is 1.52. The fraction of sp³-hybridized carbons (Fsp3) is 0.206. The van der Waals surface area contributed by atoms with Crippen LogP contribution in [0.1, 0.15) is 26.3 Å². The zero-order chi connectivity index (χ0) is 25.9. The van der Waals surface area contributed by atoms with Gasteiger partial charge in [-0.3, -0.25) is 0 Å². The molecule has 2 aromatic heterocycles. The molecule has 0 unspecified atom stereocenters. The molecule has 0 spiro atoms.